The van der Waals surface area contributed by atoms with Crippen molar-refractivity contribution in [2.45, 2.75) is 12.3 Å². The standard InChI is InChI=1S/C14H15NO5S/c1-15(9-13-3-2-8-20-13)21(18,19)10-11-4-6-12(7-5-11)14(16)17/h2-8H,9-10H2,1H3,(H,16,17). The van der Waals surface area contributed by atoms with Gasteiger partial charge in [0.25, 0.3) is 0 Å². The molecule has 0 radical (unpaired) electrons. The lowest BCUT2D eigenvalue weighted by Gasteiger charge is -2.15. The molecule has 112 valence electrons. The first-order chi connectivity index (χ1) is 9.88. The van der Waals surface area contributed by atoms with E-state index in [4.69, 9.17) is 9.52 Å². The number of nitrogens with zero attached hydrogens (tertiary/aromatic N) is 1. The summed E-state index contributed by atoms with van der Waals surface area (Å²) in [5.41, 5.74) is 0.659. The van der Waals surface area contributed by atoms with Crippen molar-refractivity contribution in [3.63, 3.8) is 0 Å². The van der Waals surface area contributed by atoms with Crippen molar-refractivity contribution < 1.29 is 22.7 Å². The van der Waals surface area contributed by atoms with E-state index in [-0.39, 0.29) is 17.9 Å². The molecule has 7 heteroatoms. The number of benzene rings is 1. The number of carbonyl (C=O) groups is 1. The summed E-state index contributed by atoms with van der Waals surface area (Å²) < 4.78 is 30.8. The van der Waals surface area contributed by atoms with Gasteiger partial charge in [-0.05, 0) is 29.8 Å². The van der Waals surface area contributed by atoms with Crippen molar-refractivity contribution in [3.05, 3.63) is 59.5 Å². The maximum Gasteiger partial charge on any atom is 0.335 e. The summed E-state index contributed by atoms with van der Waals surface area (Å²) in [5.74, 6) is -0.675. The molecule has 1 heterocycles. The second-order valence-corrected chi connectivity index (χ2v) is 6.67. The molecule has 0 aliphatic heterocycles. The predicted molar refractivity (Wildman–Crippen MR) is 76.2 cm³/mol. The molecule has 21 heavy (non-hydrogen) atoms. The molecule has 1 aromatic heterocycles. The third kappa shape index (κ3) is 3.93. The van der Waals surface area contributed by atoms with Crippen molar-refractivity contribution in [1.82, 2.24) is 4.31 Å². The monoisotopic (exact) mass is 309 g/mol. The van der Waals surface area contributed by atoms with Crippen LogP contribution >= 0.6 is 0 Å². The molecule has 0 saturated carbocycles. The van der Waals surface area contributed by atoms with E-state index in [0.29, 0.717) is 11.3 Å². The van der Waals surface area contributed by atoms with Crippen LogP contribution in [-0.4, -0.2) is 30.8 Å². The Kier molecular flexibility index (Phi) is 4.44. The first-order valence-electron chi connectivity index (χ1n) is 6.17. The topological polar surface area (TPSA) is 87.8 Å². The maximum absolute atomic E-state index is 12.2. The molecule has 1 N–H and O–H groups in total. The van der Waals surface area contributed by atoms with Gasteiger partial charge in [-0.15, -0.1) is 0 Å². The number of rotatable bonds is 6. The molecular formula is C14H15NO5S. The number of hydrogen-bond acceptors (Lipinski definition) is 4. The van der Waals surface area contributed by atoms with Gasteiger partial charge in [0.1, 0.15) is 5.76 Å². The Bertz CT molecular complexity index is 704. The molecule has 2 rings (SSSR count). The number of aromatic carboxylic acids is 1. The van der Waals surface area contributed by atoms with Crippen LogP contribution in [-0.2, 0) is 22.3 Å². The zero-order valence-electron chi connectivity index (χ0n) is 11.4. The van der Waals surface area contributed by atoms with Gasteiger partial charge in [0.15, 0.2) is 0 Å². The van der Waals surface area contributed by atoms with Gasteiger partial charge in [0, 0.05) is 7.05 Å². The van der Waals surface area contributed by atoms with Crippen molar-refractivity contribution in [3.8, 4) is 0 Å². The summed E-state index contributed by atoms with van der Waals surface area (Å²) in [4.78, 5) is 10.7. The molecule has 6 nitrogen and oxygen atoms in total. The number of hydrogen-bond donors (Lipinski definition) is 1. The minimum atomic E-state index is -3.50. The summed E-state index contributed by atoms with van der Waals surface area (Å²) in [6.45, 7) is 0.155. The SMILES string of the molecule is CN(Cc1ccco1)S(=O)(=O)Cc1ccc(C(=O)O)cc1. The summed E-state index contributed by atoms with van der Waals surface area (Å²) in [6, 6.07) is 9.18. The second kappa shape index (κ2) is 6.11. The van der Waals surface area contributed by atoms with Crippen LogP contribution in [0.25, 0.3) is 0 Å². The highest BCUT2D eigenvalue weighted by atomic mass is 32.2. The van der Waals surface area contributed by atoms with Crippen LogP contribution in [0.15, 0.2) is 47.1 Å². The smallest absolute Gasteiger partial charge is 0.335 e. The molecule has 0 spiro atoms. The van der Waals surface area contributed by atoms with E-state index < -0.39 is 16.0 Å². The molecule has 0 saturated heterocycles. The van der Waals surface area contributed by atoms with E-state index in [1.165, 1.54) is 41.9 Å². The van der Waals surface area contributed by atoms with E-state index >= 15 is 0 Å². The van der Waals surface area contributed by atoms with Gasteiger partial charge in [0.05, 0.1) is 24.1 Å². The molecule has 2 aromatic rings. The van der Waals surface area contributed by atoms with Crippen LogP contribution < -0.4 is 0 Å². The first kappa shape index (κ1) is 15.3. The zero-order valence-corrected chi connectivity index (χ0v) is 12.2. The third-order valence-electron chi connectivity index (χ3n) is 2.98. The lowest BCUT2D eigenvalue weighted by Crippen LogP contribution is -2.27. The first-order valence-corrected chi connectivity index (χ1v) is 7.78. The van der Waals surface area contributed by atoms with Crippen molar-refractivity contribution in [1.29, 1.82) is 0 Å². The molecule has 0 aliphatic carbocycles. The number of furan rings is 1. The normalized spacial score (nSPS) is 11.7. The average Bonchev–Trinajstić information content (AvgIpc) is 2.91. The van der Waals surface area contributed by atoms with Crippen LogP contribution in [0.3, 0.4) is 0 Å². The Morgan fingerprint density at radius 1 is 1.24 bits per heavy atom. The van der Waals surface area contributed by atoms with Gasteiger partial charge in [-0.25, -0.2) is 13.2 Å². The Morgan fingerprint density at radius 3 is 2.43 bits per heavy atom. The Morgan fingerprint density at radius 2 is 1.90 bits per heavy atom. The van der Waals surface area contributed by atoms with Crippen LogP contribution in [0.5, 0.6) is 0 Å². The van der Waals surface area contributed by atoms with Gasteiger partial charge in [-0.1, -0.05) is 12.1 Å². The molecule has 1 aromatic carbocycles. The minimum absolute atomic E-state index is 0.125. The highest BCUT2D eigenvalue weighted by Crippen LogP contribution is 2.14. The fourth-order valence-electron chi connectivity index (χ4n) is 1.78. The van der Waals surface area contributed by atoms with E-state index in [2.05, 4.69) is 0 Å². The largest absolute Gasteiger partial charge is 0.478 e. The third-order valence-corrected chi connectivity index (χ3v) is 4.76. The van der Waals surface area contributed by atoms with E-state index in [1.807, 2.05) is 0 Å². The lowest BCUT2D eigenvalue weighted by molar-refractivity contribution is 0.0697. The number of carboxylic acid groups (broad SMARTS) is 1. The zero-order chi connectivity index (χ0) is 15.5. The lowest BCUT2D eigenvalue weighted by atomic mass is 10.1. The van der Waals surface area contributed by atoms with Crippen LogP contribution in [0, 0.1) is 0 Å². The van der Waals surface area contributed by atoms with Gasteiger partial charge < -0.3 is 9.52 Å². The molecule has 0 unspecified atom stereocenters. The van der Waals surface area contributed by atoms with Gasteiger partial charge in [-0.2, -0.15) is 4.31 Å². The van der Waals surface area contributed by atoms with Crippen molar-refractivity contribution in [2.75, 3.05) is 7.05 Å². The molecule has 0 atom stereocenters. The van der Waals surface area contributed by atoms with E-state index in [1.54, 1.807) is 12.1 Å². The van der Waals surface area contributed by atoms with Crippen molar-refractivity contribution in [2.24, 2.45) is 0 Å². The fraction of sp³-hybridized carbons (Fsp3) is 0.214. The summed E-state index contributed by atoms with van der Waals surface area (Å²) in [7, 11) is -2.02. The highest BCUT2D eigenvalue weighted by molar-refractivity contribution is 7.88. The molecule has 0 amide bonds. The molecule has 0 bridgehead atoms. The van der Waals surface area contributed by atoms with Crippen LogP contribution in [0.2, 0.25) is 0 Å². The van der Waals surface area contributed by atoms with E-state index in [0.717, 1.165) is 0 Å². The average molecular weight is 309 g/mol. The van der Waals surface area contributed by atoms with Crippen molar-refractivity contribution >= 4 is 16.0 Å². The fourth-order valence-corrected chi connectivity index (χ4v) is 2.94. The molecule has 0 fully saturated rings. The van der Waals surface area contributed by atoms with Gasteiger partial charge >= 0.3 is 5.97 Å². The Balaban J connectivity index is 2.07. The number of carboxylic acids is 1. The van der Waals surface area contributed by atoms with Crippen LogP contribution in [0.1, 0.15) is 21.7 Å². The maximum atomic E-state index is 12.2. The number of sulfonamides is 1. The Labute approximate surface area is 122 Å². The predicted octanol–water partition coefficient (Wildman–Crippen LogP) is 1.94. The summed E-state index contributed by atoms with van der Waals surface area (Å²) in [5, 5.41) is 8.80. The molecular weight excluding hydrogens is 294 g/mol. The quantitative estimate of drug-likeness (QED) is 0.881. The van der Waals surface area contributed by atoms with Crippen LogP contribution in [0.4, 0.5) is 0 Å². The second-order valence-electron chi connectivity index (χ2n) is 4.59. The van der Waals surface area contributed by atoms with Gasteiger partial charge in [-0.3, -0.25) is 0 Å². The summed E-state index contributed by atoms with van der Waals surface area (Å²) in [6.07, 6.45) is 1.49. The molecule has 0 aliphatic rings. The Hall–Kier alpha value is -2.12. The van der Waals surface area contributed by atoms with Gasteiger partial charge in [0.2, 0.25) is 10.0 Å². The van der Waals surface area contributed by atoms with E-state index in [9.17, 15) is 13.2 Å². The highest BCUT2D eigenvalue weighted by Gasteiger charge is 2.19. The summed E-state index contributed by atoms with van der Waals surface area (Å²) >= 11 is 0. The minimum Gasteiger partial charge on any atom is -0.478 e.